The lowest BCUT2D eigenvalue weighted by molar-refractivity contribution is 0.368. The number of halogens is 1. The van der Waals surface area contributed by atoms with Crippen LogP contribution in [0.3, 0.4) is 0 Å². The van der Waals surface area contributed by atoms with Gasteiger partial charge in [-0.2, -0.15) is 0 Å². The van der Waals surface area contributed by atoms with E-state index in [2.05, 4.69) is 27.5 Å². The van der Waals surface area contributed by atoms with Crippen molar-refractivity contribution in [1.82, 2.24) is 15.6 Å². The summed E-state index contributed by atoms with van der Waals surface area (Å²) in [5, 5.41) is 7.81. The monoisotopic (exact) mass is 534 g/mol. The fourth-order valence-electron chi connectivity index (χ4n) is 2.78. The number of methoxy groups -OCH3 is 3. The predicted molar refractivity (Wildman–Crippen MR) is 130 cm³/mol. The van der Waals surface area contributed by atoms with Gasteiger partial charge in [0.2, 0.25) is 0 Å². The molecule has 2 rings (SSSR count). The number of hydrogen-bond donors (Lipinski definition) is 2. The Morgan fingerprint density at radius 1 is 1.00 bits per heavy atom. The smallest absolute Gasteiger partial charge is 0.191 e. The van der Waals surface area contributed by atoms with Crippen molar-refractivity contribution in [2.24, 2.45) is 4.99 Å². The molecule has 2 aromatic rings. The number of aryl methyl sites for hydroxylation is 2. The first-order chi connectivity index (χ1) is 13.5. The number of aromatic nitrogens is 1. The molecule has 7 nitrogen and oxygen atoms in total. The van der Waals surface area contributed by atoms with Gasteiger partial charge in [0.25, 0.3) is 0 Å². The molecule has 0 fully saturated rings. The molecule has 162 valence electrons. The predicted octanol–water partition coefficient (Wildman–Crippen LogP) is 3.35. The van der Waals surface area contributed by atoms with Gasteiger partial charge in [0.1, 0.15) is 17.2 Å². The van der Waals surface area contributed by atoms with Gasteiger partial charge < -0.3 is 24.8 Å². The Labute approximate surface area is 194 Å². The van der Waals surface area contributed by atoms with E-state index < -0.39 is 0 Å². The normalized spacial score (nSPS) is 10.9. The van der Waals surface area contributed by atoms with Crippen LogP contribution in [0.25, 0.3) is 0 Å². The van der Waals surface area contributed by atoms with Gasteiger partial charge in [-0.25, -0.2) is 4.98 Å². The zero-order chi connectivity index (χ0) is 20.5. The van der Waals surface area contributed by atoms with Crippen molar-refractivity contribution in [3.8, 4) is 17.2 Å². The van der Waals surface area contributed by atoms with Gasteiger partial charge in [0.15, 0.2) is 5.96 Å². The van der Waals surface area contributed by atoms with Crippen molar-refractivity contribution in [3.05, 3.63) is 33.3 Å². The Bertz CT molecular complexity index is 767. The van der Waals surface area contributed by atoms with Gasteiger partial charge in [0, 0.05) is 49.1 Å². The minimum Gasteiger partial charge on any atom is -0.496 e. The Morgan fingerprint density at radius 3 is 2.03 bits per heavy atom. The molecule has 0 unspecified atom stereocenters. The quantitative estimate of drug-likeness (QED) is 0.292. The number of nitrogens with zero attached hydrogens (tertiary/aromatic N) is 2. The van der Waals surface area contributed by atoms with Gasteiger partial charge in [0.05, 0.1) is 32.0 Å². The standard InChI is InChI=1S/C20H30N4O3S.HI/c1-13-14(2)28-19(24-13)8-10-23-20(21-3)22-9-7-16-17(26-5)11-15(25-4)12-18(16)27-6;/h11-12H,7-10H2,1-6H3,(H2,21,22,23);1H. The van der Waals surface area contributed by atoms with Crippen molar-refractivity contribution >= 4 is 41.3 Å². The third-order valence-electron chi connectivity index (χ3n) is 4.41. The molecular formula is C20H31IN4O3S. The highest BCUT2D eigenvalue weighted by Gasteiger charge is 2.13. The summed E-state index contributed by atoms with van der Waals surface area (Å²) in [6.45, 7) is 5.62. The van der Waals surface area contributed by atoms with Crippen molar-refractivity contribution in [2.45, 2.75) is 26.7 Å². The molecule has 1 aromatic carbocycles. The van der Waals surface area contributed by atoms with E-state index in [4.69, 9.17) is 14.2 Å². The average Bonchev–Trinajstić information content (AvgIpc) is 3.03. The molecule has 0 aliphatic heterocycles. The first kappa shape index (κ1) is 25.3. The largest absolute Gasteiger partial charge is 0.496 e. The Morgan fingerprint density at radius 2 is 1.59 bits per heavy atom. The van der Waals surface area contributed by atoms with E-state index in [0.29, 0.717) is 12.3 Å². The number of ether oxygens (including phenoxy) is 3. The van der Waals surface area contributed by atoms with E-state index in [1.807, 2.05) is 19.1 Å². The summed E-state index contributed by atoms with van der Waals surface area (Å²) in [5.74, 6) is 2.96. The zero-order valence-corrected chi connectivity index (χ0v) is 21.1. The number of nitrogens with one attached hydrogen (secondary N) is 2. The van der Waals surface area contributed by atoms with Crippen molar-refractivity contribution in [1.29, 1.82) is 0 Å². The molecule has 0 radical (unpaired) electrons. The third kappa shape index (κ3) is 7.22. The summed E-state index contributed by atoms with van der Waals surface area (Å²) in [6, 6.07) is 3.73. The zero-order valence-electron chi connectivity index (χ0n) is 17.9. The highest BCUT2D eigenvalue weighted by atomic mass is 127. The van der Waals surface area contributed by atoms with Gasteiger partial charge in [-0.3, -0.25) is 4.99 Å². The molecule has 0 bridgehead atoms. The Balaban J connectivity index is 0.00000420. The second kappa shape index (κ2) is 12.7. The third-order valence-corrected chi connectivity index (χ3v) is 5.54. The van der Waals surface area contributed by atoms with E-state index in [1.165, 1.54) is 4.88 Å². The minimum atomic E-state index is 0. The van der Waals surface area contributed by atoms with Gasteiger partial charge in [-0.15, -0.1) is 35.3 Å². The lowest BCUT2D eigenvalue weighted by atomic mass is 10.1. The summed E-state index contributed by atoms with van der Waals surface area (Å²) in [5.41, 5.74) is 2.10. The van der Waals surface area contributed by atoms with Gasteiger partial charge in [-0.1, -0.05) is 0 Å². The molecule has 0 aliphatic carbocycles. The number of benzene rings is 1. The fraction of sp³-hybridized carbons (Fsp3) is 0.500. The molecule has 0 saturated heterocycles. The summed E-state index contributed by atoms with van der Waals surface area (Å²) in [4.78, 5) is 10.1. The Hall–Kier alpha value is -1.75. The number of aliphatic imine (C=N–C) groups is 1. The summed E-state index contributed by atoms with van der Waals surface area (Å²) in [6.07, 6.45) is 1.60. The van der Waals surface area contributed by atoms with Crippen LogP contribution >= 0.6 is 35.3 Å². The van der Waals surface area contributed by atoms with E-state index in [-0.39, 0.29) is 24.0 Å². The lowest BCUT2D eigenvalue weighted by Gasteiger charge is -2.16. The van der Waals surface area contributed by atoms with Crippen molar-refractivity contribution in [3.63, 3.8) is 0 Å². The molecule has 0 atom stereocenters. The first-order valence-corrected chi connectivity index (χ1v) is 10.00. The molecule has 29 heavy (non-hydrogen) atoms. The SMILES string of the molecule is CN=C(NCCc1nc(C)c(C)s1)NCCc1c(OC)cc(OC)cc1OC.I. The van der Waals surface area contributed by atoms with Crippen LogP contribution in [0.5, 0.6) is 17.2 Å². The number of thiazole rings is 1. The summed E-state index contributed by atoms with van der Waals surface area (Å²) >= 11 is 1.75. The van der Waals surface area contributed by atoms with Gasteiger partial charge in [-0.05, 0) is 20.3 Å². The van der Waals surface area contributed by atoms with E-state index in [9.17, 15) is 0 Å². The van der Waals surface area contributed by atoms with Crippen LogP contribution in [0, 0.1) is 13.8 Å². The molecule has 0 saturated carbocycles. The van der Waals surface area contributed by atoms with Crippen molar-refractivity contribution < 1.29 is 14.2 Å². The van der Waals surface area contributed by atoms with Crippen LogP contribution < -0.4 is 24.8 Å². The van der Waals surface area contributed by atoms with Gasteiger partial charge >= 0.3 is 0 Å². The maximum absolute atomic E-state index is 5.50. The molecule has 1 heterocycles. The second-order valence-corrected chi connectivity index (χ2v) is 7.47. The molecule has 0 amide bonds. The van der Waals surface area contributed by atoms with E-state index >= 15 is 0 Å². The van der Waals surface area contributed by atoms with Crippen LogP contribution in [0.2, 0.25) is 0 Å². The van der Waals surface area contributed by atoms with Crippen LogP contribution in [0.15, 0.2) is 17.1 Å². The lowest BCUT2D eigenvalue weighted by Crippen LogP contribution is -2.39. The molecule has 0 spiro atoms. The van der Waals surface area contributed by atoms with Crippen LogP contribution in [0.4, 0.5) is 0 Å². The number of hydrogen-bond acceptors (Lipinski definition) is 6. The molecular weight excluding hydrogens is 503 g/mol. The van der Waals surface area contributed by atoms with Crippen LogP contribution in [-0.4, -0.2) is 52.4 Å². The molecule has 0 aliphatic rings. The maximum atomic E-state index is 5.50. The topological polar surface area (TPSA) is 77.0 Å². The number of guanidine groups is 1. The minimum absolute atomic E-state index is 0. The van der Waals surface area contributed by atoms with E-state index in [0.717, 1.165) is 53.1 Å². The van der Waals surface area contributed by atoms with Crippen LogP contribution in [0.1, 0.15) is 21.1 Å². The fourth-order valence-corrected chi connectivity index (χ4v) is 3.72. The average molecular weight is 534 g/mol. The summed E-state index contributed by atoms with van der Waals surface area (Å²) in [7, 11) is 6.68. The highest BCUT2D eigenvalue weighted by molar-refractivity contribution is 14.0. The highest BCUT2D eigenvalue weighted by Crippen LogP contribution is 2.34. The number of rotatable bonds is 9. The first-order valence-electron chi connectivity index (χ1n) is 9.18. The molecule has 2 N–H and O–H groups in total. The van der Waals surface area contributed by atoms with E-state index in [1.54, 1.807) is 39.7 Å². The van der Waals surface area contributed by atoms with Crippen molar-refractivity contribution in [2.75, 3.05) is 41.5 Å². The summed E-state index contributed by atoms with van der Waals surface area (Å²) < 4.78 is 16.3. The Kier molecular flexibility index (Phi) is 11.1. The maximum Gasteiger partial charge on any atom is 0.191 e. The molecule has 9 heteroatoms. The van der Waals surface area contributed by atoms with Crippen LogP contribution in [-0.2, 0) is 12.8 Å². The molecule has 1 aromatic heterocycles. The second-order valence-electron chi connectivity index (χ2n) is 6.19.